The summed E-state index contributed by atoms with van der Waals surface area (Å²) >= 11 is 0. The van der Waals surface area contributed by atoms with Crippen molar-refractivity contribution in [3.8, 4) is 17.5 Å². The maximum atomic E-state index is 5.75. The second-order valence-electron chi connectivity index (χ2n) is 3.79. The number of benzene rings is 1. The molecule has 5 heteroatoms. The molecule has 18 heavy (non-hydrogen) atoms. The Morgan fingerprint density at radius 1 is 1.33 bits per heavy atom. The quantitative estimate of drug-likeness (QED) is 0.879. The topological polar surface area (TPSA) is 62.3 Å². The summed E-state index contributed by atoms with van der Waals surface area (Å²) in [6.07, 6.45) is 3.58. The average molecular weight is 247 g/mol. The van der Waals surface area contributed by atoms with Gasteiger partial charge in [0.15, 0.2) is 11.5 Å². The number of nitrogens with zero attached hydrogens (tertiary/aromatic N) is 2. The van der Waals surface area contributed by atoms with Gasteiger partial charge in [-0.2, -0.15) is 0 Å². The van der Waals surface area contributed by atoms with E-state index in [0.717, 1.165) is 12.1 Å². The van der Waals surface area contributed by atoms with Crippen molar-refractivity contribution < 1.29 is 9.47 Å². The molecule has 5 nitrogen and oxygen atoms in total. The van der Waals surface area contributed by atoms with E-state index >= 15 is 0 Å². The fourth-order valence-corrected chi connectivity index (χ4v) is 1.66. The van der Waals surface area contributed by atoms with E-state index in [4.69, 9.17) is 15.2 Å². The minimum absolute atomic E-state index is 0.472. The van der Waals surface area contributed by atoms with E-state index in [9.17, 15) is 0 Å². The van der Waals surface area contributed by atoms with Gasteiger partial charge in [-0.3, -0.25) is 0 Å². The van der Waals surface area contributed by atoms with Crippen LogP contribution in [0.2, 0.25) is 0 Å². The summed E-state index contributed by atoms with van der Waals surface area (Å²) in [5.41, 5.74) is 6.59. The highest BCUT2D eigenvalue weighted by Crippen LogP contribution is 2.31. The van der Waals surface area contributed by atoms with Crippen molar-refractivity contribution >= 4 is 0 Å². The number of ether oxygens (including phenoxy) is 2. The van der Waals surface area contributed by atoms with E-state index in [1.807, 2.05) is 35.9 Å². The van der Waals surface area contributed by atoms with Gasteiger partial charge in [0.2, 0.25) is 0 Å². The lowest BCUT2D eigenvalue weighted by Crippen LogP contribution is -2.00. The van der Waals surface area contributed by atoms with Crippen LogP contribution in [-0.2, 0) is 13.1 Å². The van der Waals surface area contributed by atoms with Crippen LogP contribution in [-0.4, -0.2) is 16.7 Å². The zero-order chi connectivity index (χ0) is 13.0. The molecule has 0 fully saturated rings. The standard InChI is InChI=1S/C13H17N3O2/c1-3-16-7-6-15-13(16)18-11-5-4-10(9-14)8-12(11)17-2/h4-8H,3,9,14H2,1-2H3. The molecule has 0 aliphatic heterocycles. The lowest BCUT2D eigenvalue weighted by Gasteiger charge is -2.11. The third-order valence-corrected chi connectivity index (χ3v) is 2.68. The van der Waals surface area contributed by atoms with Gasteiger partial charge >= 0.3 is 6.01 Å². The summed E-state index contributed by atoms with van der Waals surface area (Å²) < 4.78 is 13.0. The maximum Gasteiger partial charge on any atom is 0.301 e. The molecule has 0 unspecified atom stereocenters. The molecule has 0 radical (unpaired) electrons. The molecule has 2 N–H and O–H groups in total. The molecular weight excluding hydrogens is 230 g/mol. The Morgan fingerprint density at radius 3 is 2.83 bits per heavy atom. The van der Waals surface area contributed by atoms with Gasteiger partial charge in [0.05, 0.1) is 7.11 Å². The molecule has 0 bridgehead atoms. The van der Waals surface area contributed by atoms with Gasteiger partial charge in [-0.15, -0.1) is 0 Å². The van der Waals surface area contributed by atoms with Crippen LogP contribution in [0, 0.1) is 0 Å². The minimum Gasteiger partial charge on any atom is -0.493 e. The molecule has 1 aromatic carbocycles. The third-order valence-electron chi connectivity index (χ3n) is 2.68. The second-order valence-corrected chi connectivity index (χ2v) is 3.79. The fourth-order valence-electron chi connectivity index (χ4n) is 1.66. The minimum atomic E-state index is 0.472. The van der Waals surface area contributed by atoms with Gasteiger partial charge in [0.25, 0.3) is 0 Å². The van der Waals surface area contributed by atoms with Crippen molar-refractivity contribution in [2.45, 2.75) is 20.0 Å². The first-order valence-corrected chi connectivity index (χ1v) is 5.84. The number of rotatable bonds is 5. The highest BCUT2D eigenvalue weighted by atomic mass is 16.5. The van der Waals surface area contributed by atoms with Crippen LogP contribution < -0.4 is 15.2 Å². The summed E-state index contributed by atoms with van der Waals surface area (Å²) in [6.45, 7) is 3.31. The van der Waals surface area contributed by atoms with Crippen molar-refractivity contribution in [2.75, 3.05) is 7.11 Å². The molecule has 0 aliphatic carbocycles. The number of aromatic nitrogens is 2. The Labute approximate surface area is 106 Å². The zero-order valence-corrected chi connectivity index (χ0v) is 10.6. The van der Waals surface area contributed by atoms with E-state index in [2.05, 4.69) is 4.98 Å². The summed E-state index contributed by atoms with van der Waals surface area (Å²) in [5, 5.41) is 0. The van der Waals surface area contributed by atoms with Crippen LogP contribution >= 0.6 is 0 Å². The van der Waals surface area contributed by atoms with E-state index in [-0.39, 0.29) is 0 Å². The van der Waals surface area contributed by atoms with Crippen LogP contribution in [0.5, 0.6) is 17.5 Å². The SMILES string of the molecule is CCn1ccnc1Oc1ccc(CN)cc1OC. The predicted molar refractivity (Wildman–Crippen MR) is 68.9 cm³/mol. The number of hydrogen-bond donors (Lipinski definition) is 1. The van der Waals surface area contributed by atoms with E-state index in [1.54, 1.807) is 13.3 Å². The lowest BCUT2D eigenvalue weighted by molar-refractivity contribution is 0.359. The number of aryl methyl sites for hydroxylation is 1. The first-order valence-electron chi connectivity index (χ1n) is 5.84. The largest absolute Gasteiger partial charge is 0.493 e. The van der Waals surface area contributed by atoms with Crippen molar-refractivity contribution in [1.82, 2.24) is 9.55 Å². The van der Waals surface area contributed by atoms with Gasteiger partial charge in [0.1, 0.15) is 0 Å². The second kappa shape index (κ2) is 5.55. The Morgan fingerprint density at radius 2 is 2.17 bits per heavy atom. The number of methoxy groups -OCH3 is 1. The van der Waals surface area contributed by atoms with Crippen LogP contribution in [0.1, 0.15) is 12.5 Å². The predicted octanol–water partition coefficient (Wildman–Crippen LogP) is 2.16. The van der Waals surface area contributed by atoms with E-state index in [1.165, 1.54) is 0 Å². The molecular formula is C13H17N3O2. The van der Waals surface area contributed by atoms with Crippen molar-refractivity contribution in [2.24, 2.45) is 5.73 Å². The van der Waals surface area contributed by atoms with E-state index in [0.29, 0.717) is 24.1 Å². The van der Waals surface area contributed by atoms with Crippen LogP contribution in [0.15, 0.2) is 30.6 Å². The van der Waals surface area contributed by atoms with Crippen LogP contribution in [0.25, 0.3) is 0 Å². The summed E-state index contributed by atoms with van der Waals surface area (Å²) in [4.78, 5) is 4.16. The van der Waals surface area contributed by atoms with Crippen LogP contribution in [0.4, 0.5) is 0 Å². The smallest absolute Gasteiger partial charge is 0.301 e. The van der Waals surface area contributed by atoms with Gasteiger partial charge in [-0.05, 0) is 24.6 Å². The Hall–Kier alpha value is -2.01. The van der Waals surface area contributed by atoms with Crippen molar-refractivity contribution in [3.63, 3.8) is 0 Å². The van der Waals surface area contributed by atoms with Gasteiger partial charge < -0.3 is 19.8 Å². The molecule has 0 amide bonds. The molecule has 0 saturated carbocycles. The summed E-state index contributed by atoms with van der Waals surface area (Å²) in [7, 11) is 1.61. The van der Waals surface area contributed by atoms with Gasteiger partial charge in [0, 0.05) is 25.5 Å². The lowest BCUT2D eigenvalue weighted by atomic mass is 10.2. The highest BCUT2D eigenvalue weighted by Gasteiger charge is 2.09. The number of imidazole rings is 1. The molecule has 2 rings (SSSR count). The Balaban J connectivity index is 2.28. The summed E-state index contributed by atoms with van der Waals surface area (Å²) in [5.74, 6) is 1.29. The van der Waals surface area contributed by atoms with E-state index < -0.39 is 0 Å². The fraction of sp³-hybridized carbons (Fsp3) is 0.308. The Kier molecular flexibility index (Phi) is 3.84. The number of hydrogen-bond acceptors (Lipinski definition) is 4. The molecule has 96 valence electrons. The van der Waals surface area contributed by atoms with Crippen molar-refractivity contribution in [3.05, 3.63) is 36.2 Å². The van der Waals surface area contributed by atoms with Gasteiger partial charge in [-0.1, -0.05) is 6.07 Å². The molecule has 2 aromatic rings. The molecule has 0 saturated heterocycles. The first kappa shape index (κ1) is 12.4. The normalized spacial score (nSPS) is 10.4. The third kappa shape index (κ3) is 2.46. The molecule has 0 aliphatic rings. The monoisotopic (exact) mass is 247 g/mol. The molecule has 0 atom stereocenters. The van der Waals surface area contributed by atoms with Crippen LogP contribution in [0.3, 0.4) is 0 Å². The highest BCUT2D eigenvalue weighted by molar-refractivity contribution is 5.44. The molecule has 1 aromatic heterocycles. The summed E-state index contributed by atoms with van der Waals surface area (Å²) in [6, 6.07) is 6.18. The zero-order valence-electron chi connectivity index (χ0n) is 10.6. The van der Waals surface area contributed by atoms with Gasteiger partial charge in [-0.25, -0.2) is 4.98 Å². The maximum absolute atomic E-state index is 5.75. The average Bonchev–Trinajstić information content (AvgIpc) is 2.86. The Bertz CT molecular complexity index is 523. The first-order chi connectivity index (χ1) is 8.78. The molecule has 0 spiro atoms. The van der Waals surface area contributed by atoms with Crippen molar-refractivity contribution in [1.29, 1.82) is 0 Å². The molecule has 1 heterocycles. The number of nitrogens with two attached hydrogens (primary N) is 1.